The Hall–Kier alpha value is -4.00. The number of carboxylic acids is 1. The van der Waals surface area contributed by atoms with Crippen LogP contribution in [0.25, 0.3) is 0 Å². The number of anilines is 1. The van der Waals surface area contributed by atoms with Crippen molar-refractivity contribution in [2.24, 2.45) is 5.92 Å². The number of benzene rings is 3. The molecule has 3 aromatic rings. The molecule has 3 N–H and O–H groups in total. The molecule has 0 aliphatic carbocycles. The van der Waals surface area contributed by atoms with Gasteiger partial charge in [-0.25, -0.2) is 4.79 Å². The van der Waals surface area contributed by atoms with Crippen molar-refractivity contribution in [2.75, 3.05) is 25.1 Å². The average molecular weight is 477 g/mol. The Bertz CT molecular complexity index is 1050. The molecule has 0 saturated heterocycles. The van der Waals surface area contributed by atoms with E-state index >= 15 is 0 Å². The minimum Gasteiger partial charge on any atom is -0.494 e. The highest BCUT2D eigenvalue weighted by atomic mass is 16.5. The Morgan fingerprint density at radius 2 is 1.43 bits per heavy atom. The van der Waals surface area contributed by atoms with Gasteiger partial charge in [-0.3, -0.25) is 4.79 Å². The molecule has 0 spiro atoms. The molecule has 35 heavy (non-hydrogen) atoms. The average Bonchev–Trinajstić information content (AvgIpc) is 2.86. The van der Waals surface area contributed by atoms with Gasteiger partial charge in [-0.1, -0.05) is 42.5 Å². The second-order valence-corrected chi connectivity index (χ2v) is 8.11. The minimum atomic E-state index is -0.798. The largest absolute Gasteiger partial charge is 0.494 e. The number of carbonyl (C=O) groups is 2. The number of aliphatic carboxylic acids is 1. The first-order valence-corrected chi connectivity index (χ1v) is 11.8. The lowest BCUT2D eigenvalue weighted by atomic mass is 9.92. The van der Waals surface area contributed by atoms with Crippen LogP contribution < -0.4 is 20.1 Å². The molecular formula is C28H32N2O5. The molecular weight excluding hydrogens is 444 g/mol. The fraction of sp³-hybridized carbons (Fsp3) is 0.286. The zero-order valence-electron chi connectivity index (χ0n) is 19.9. The number of ether oxygens (including phenoxy) is 2. The Labute approximate surface area is 206 Å². The predicted molar refractivity (Wildman–Crippen MR) is 136 cm³/mol. The van der Waals surface area contributed by atoms with Crippen molar-refractivity contribution in [1.82, 2.24) is 5.32 Å². The topological polar surface area (TPSA) is 96.9 Å². The number of urea groups is 1. The zero-order chi connectivity index (χ0) is 24.9. The molecule has 0 aromatic heterocycles. The fourth-order valence-electron chi connectivity index (χ4n) is 3.59. The molecule has 0 heterocycles. The molecule has 0 aliphatic rings. The normalized spacial score (nSPS) is 11.3. The molecule has 2 amide bonds. The van der Waals surface area contributed by atoms with Gasteiger partial charge >= 0.3 is 12.0 Å². The van der Waals surface area contributed by atoms with Crippen molar-refractivity contribution >= 4 is 17.7 Å². The summed E-state index contributed by atoms with van der Waals surface area (Å²) in [6.07, 6.45) is 1.60. The molecule has 1 atom stereocenters. The fourth-order valence-corrected chi connectivity index (χ4v) is 3.59. The first-order chi connectivity index (χ1) is 17.0. The summed E-state index contributed by atoms with van der Waals surface area (Å²) in [5.41, 5.74) is 2.66. The highest BCUT2D eigenvalue weighted by Gasteiger charge is 2.18. The number of nitrogens with one attached hydrogen (secondary N) is 2. The molecule has 3 aromatic carbocycles. The van der Waals surface area contributed by atoms with Crippen molar-refractivity contribution in [3.8, 4) is 11.5 Å². The van der Waals surface area contributed by atoms with Crippen molar-refractivity contribution in [2.45, 2.75) is 26.2 Å². The number of amides is 2. The number of carbonyl (C=O) groups excluding carboxylic acids is 1. The summed E-state index contributed by atoms with van der Waals surface area (Å²) in [7, 11) is 0. The van der Waals surface area contributed by atoms with Crippen LogP contribution in [0.3, 0.4) is 0 Å². The van der Waals surface area contributed by atoms with Crippen LogP contribution in [0.1, 0.15) is 24.5 Å². The number of hydrogen-bond donors (Lipinski definition) is 3. The van der Waals surface area contributed by atoms with Gasteiger partial charge in [0.25, 0.3) is 0 Å². The van der Waals surface area contributed by atoms with Crippen LogP contribution in [0.5, 0.6) is 11.5 Å². The van der Waals surface area contributed by atoms with Crippen LogP contribution >= 0.6 is 0 Å². The van der Waals surface area contributed by atoms with Gasteiger partial charge < -0.3 is 25.2 Å². The molecule has 0 bridgehead atoms. The lowest BCUT2D eigenvalue weighted by Crippen LogP contribution is -2.30. The lowest BCUT2D eigenvalue weighted by Gasteiger charge is -2.13. The smallest absolute Gasteiger partial charge is 0.319 e. The number of rotatable bonds is 13. The van der Waals surface area contributed by atoms with E-state index < -0.39 is 11.9 Å². The van der Waals surface area contributed by atoms with Crippen LogP contribution in [0.2, 0.25) is 0 Å². The molecule has 184 valence electrons. The van der Waals surface area contributed by atoms with Crippen molar-refractivity contribution < 1.29 is 24.2 Å². The van der Waals surface area contributed by atoms with Crippen LogP contribution in [0.4, 0.5) is 10.5 Å². The van der Waals surface area contributed by atoms with E-state index in [9.17, 15) is 14.7 Å². The third kappa shape index (κ3) is 9.04. The van der Waals surface area contributed by atoms with Gasteiger partial charge in [0.15, 0.2) is 0 Å². The Kier molecular flexibility index (Phi) is 9.99. The van der Waals surface area contributed by atoms with Crippen LogP contribution in [0, 0.1) is 5.92 Å². The summed E-state index contributed by atoms with van der Waals surface area (Å²) in [5, 5.41) is 15.2. The van der Waals surface area contributed by atoms with Crippen LogP contribution in [-0.4, -0.2) is 36.9 Å². The van der Waals surface area contributed by atoms with E-state index in [0.717, 1.165) is 16.9 Å². The van der Waals surface area contributed by atoms with Gasteiger partial charge in [-0.05, 0) is 73.7 Å². The molecule has 7 nitrogen and oxygen atoms in total. The summed E-state index contributed by atoms with van der Waals surface area (Å²) < 4.78 is 11.1. The minimum absolute atomic E-state index is 0.276. The monoisotopic (exact) mass is 476 g/mol. The summed E-state index contributed by atoms with van der Waals surface area (Å²) >= 11 is 0. The van der Waals surface area contributed by atoms with Crippen molar-refractivity contribution in [3.63, 3.8) is 0 Å². The Balaban J connectivity index is 1.35. The number of hydrogen-bond acceptors (Lipinski definition) is 4. The molecule has 3 rings (SSSR count). The molecule has 0 saturated carbocycles. The SMILES string of the molecule is CCOc1ccc(NC(=O)NCCCOc2ccc(C[C@H](Cc3ccccc3)C(=O)O)cc2)cc1. The number of carboxylic acid groups (broad SMARTS) is 1. The van der Waals surface area contributed by atoms with E-state index in [1.807, 2.05) is 73.7 Å². The van der Waals surface area contributed by atoms with E-state index in [0.29, 0.717) is 50.5 Å². The molecule has 0 fully saturated rings. The second kappa shape index (κ2) is 13.6. The Morgan fingerprint density at radius 1 is 0.829 bits per heavy atom. The molecule has 7 heteroatoms. The lowest BCUT2D eigenvalue weighted by molar-refractivity contribution is -0.141. The highest BCUT2D eigenvalue weighted by molar-refractivity contribution is 5.89. The summed E-state index contributed by atoms with van der Waals surface area (Å²) in [5.74, 6) is 0.192. The van der Waals surface area contributed by atoms with Crippen LogP contribution in [-0.2, 0) is 17.6 Å². The van der Waals surface area contributed by atoms with E-state index in [4.69, 9.17) is 9.47 Å². The predicted octanol–water partition coefficient (Wildman–Crippen LogP) is 5.16. The quantitative estimate of drug-likeness (QED) is 0.296. The molecule has 0 unspecified atom stereocenters. The maximum atomic E-state index is 12.0. The molecule has 0 aliphatic heterocycles. The van der Waals surface area contributed by atoms with Gasteiger partial charge in [0.2, 0.25) is 0 Å². The van der Waals surface area contributed by atoms with E-state index in [-0.39, 0.29) is 6.03 Å². The van der Waals surface area contributed by atoms with Crippen molar-refractivity contribution in [3.05, 3.63) is 90.0 Å². The van der Waals surface area contributed by atoms with Gasteiger partial charge in [0, 0.05) is 12.2 Å². The summed E-state index contributed by atoms with van der Waals surface area (Å²) in [4.78, 5) is 23.7. The standard InChI is InChI=1S/C28H32N2O5/c1-2-34-25-15-11-24(12-16-25)30-28(33)29-17-6-18-35-26-13-9-22(10-14-26)20-23(27(31)32)19-21-7-4-3-5-8-21/h3-5,7-16,23H,2,6,17-20H2,1H3,(H,31,32)(H2,29,30,33)/t23-/m0/s1. The first kappa shape index (κ1) is 25.6. The summed E-state index contributed by atoms with van der Waals surface area (Å²) in [6.45, 7) is 3.44. The van der Waals surface area contributed by atoms with E-state index in [2.05, 4.69) is 10.6 Å². The van der Waals surface area contributed by atoms with Gasteiger partial charge in [-0.2, -0.15) is 0 Å². The van der Waals surface area contributed by atoms with Gasteiger partial charge in [-0.15, -0.1) is 0 Å². The third-order valence-corrected chi connectivity index (χ3v) is 5.38. The van der Waals surface area contributed by atoms with E-state index in [1.165, 1.54) is 0 Å². The maximum absolute atomic E-state index is 12.0. The maximum Gasteiger partial charge on any atom is 0.319 e. The van der Waals surface area contributed by atoms with Gasteiger partial charge in [0.05, 0.1) is 19.1 Å². The zero-order valence-corrected chi connectivity index (χ0v) is 19.9. The highest BCUT2D eigenvalue weighted by Crippen LogP contribution is 2.19. The summed E-state index contributed by atoms with van der Waals surface area (Å²) in [6, 6.07) is 24.1. The second-order valence-electron chi connectivity index (χ2n) is 8.11. The third-order valence-electron chi connectivity index (χ3n) is 5.38. The van der Waals surface area contributed by atoms with Crippen molar-refractivity contribution in [1.29, 1.82) is 0 Å². The van der Waals surface area contributed by atoms with Crippen LogP contribution in [0.15, 0.2) is 78.9 Å². The first-order valence-electron chi connectivity index (χ1n) is 11.8. The molecule has 0 radical (unpaired) electrons. The van der Waals surface area contributed by atoms with E-state index in [1.54, 1.807) is 12.1 Å². The van der Waals surface area contributed by atoms with Gasteiger partial charge in [0.1, 0.15) is 11.5 Å². The Morgan fingerprint density at radius 3 is 2.06 bits per heavy atom.